The summed E-state index contributed by atoms with van der Waals surface area (Å²) in [5, 5.41) is 12.7. The van der Waals surface area contributed by atoms with Gasteiger partial charge in [-0.15, -0.1) is 0 Å². The summed E-state index contributed by atoms with van der Waals surface area (Å²) in [7, 11) is 0. The summed E-state index contributed by atoms with van der Waals surface area (Å²) in [6, 6.07) is 15.5. The second-order valence-electron chi connectivity index (χ2n) is 5.68. The maximum Gasteiger partial charge on any atom is 0.330 e. The Bertz CT molecular complexity index is 988. The van der Waals surface area contributed by atoms with E-state index in [1.807, 2.05) is 48.5 Å². The van der Waals surface area contributed by atoms with E-state index in [1.165, 1.54) is 6.08 Å². The molecule has 0 saturated carbocycles. The monoisotopic (exact) mass is 346 g/mol. The second kappa shape index (κ2) is 7.66. The number of hydrogen-bond acceptors (Lipinski definition) is 3. The summed E-state index contributed by atoms with van der Waals surface area (Å²) in [4.78, 5) is 22.7. The van der Waals surface area contributed by atoms with Gasteiger partial charge < -0.3 is 9.84 Å². The summed E-state index contributed by atoms with van der Waals surface area (Å²) in [6.45, 7) is 2.09. The van der Waals surface area contributed by atoms with E-state index in [0.717, 1.165) is 38.7 Å². The van der Waals surface area contributed by atoms with Gasteiger partial charge in [-0.2, -0.15) is 0 Å². The molecule has 0 spiro atoms. The molecule has 0 atom stereocenters. The topological polar surface area (TPSA) is 63.6 Å². The smallest absolute Gasteiger partial charge is 0.330 e. The Morgan fingerprint density at radius 3 is 1.65 bits per heavy atom. The van der Waals surface area contributed by atoms with Crippen LogP contribution in [0.3, 0.4) is 0 Å². The van der Waals surface area contributed by atoms with Gasteiger partial charge in [0.2, 0.25) is 0 Å². The molecule has 0 aliphatic rings. The van der Waals surface area contributed by atoms with Crippen LogP contribution in [0.5, 0.6) is 0 Å². The zero-order valence-corrected chi connectivity index (χ0v) is 14.3. The lowest BCUT2D eigenvalue weighted by Crippen LogP contribution is -1.99. The molecule has 3 rings (SSSR count). The van der Waals surface area contributed by atoms with Gasteiger partial charge in [-0.3, -0.25) is 0 Å². The van der Waals surface area contributed by atoms with Crippen LogP contribution in [0.1, 0.15) is 18.1 Å². The summed E-state index contributed by atoms with van der Waals surface area (Å²) < 4.78 is 4.97. The normalized spacial score (nSPS) is 11.6. The van der Waals surface area contributed by atoms with Crippen molar-refractivity contribution in [2.75, 3.05) is 6.61 Å². The van der Waals surface area contributed by atoms with Crippen LogP contribution in [0, 0.1) is 0 Å². The molecule has 3 aromatic carbocycles. The van der Waals surface area contributed by atoms with Crippen LogP contribution in [0.4, 0.5) is 0 Å². The van der Waals surface area contributed by atoms with E-state index in [4.69, 9.17) is 9.84 Å². The Morgan fingerprint density at radius 1 is 0.846 bits per heavy atom. The highest BCUT2D eigenvalue weighted by Crippen LogP contribution is 2.34. The van der Waals surface area contributed by atoms with Gasteiger partial charge in [0.15, 0.2) is 0 Å². The Hall–Kier alpha value is -3.40. The molecule has 0 aromatic heterocycles. The number of fused-ring (bicyclic) bond motifs is 2. The van der Waals surface area contributed by atoms with Gasteiger partial charge >= 0.3 is 11.9 Å². The van der Waals surface area contributed by atoms with Crippen molar-refractivity contribution < 1.29 is 19.4 Å². The molecule has 0 radical (unpaired) electrons. The average Bonchev–Trinajstić information content (AvgIpc) is 2.64. The van der Waals surface area contributed by atoms with Crippen molar-refractivity contribution in [1.29, 1.82) is 0 Å². The van der Waals surface area contributed by atoms with E-state index >= 15 is 0 Å². The number of carbonyl (C=O) groups excluding carboxylic acids is 1. The van der Waals surface area contributed by atoms with Crippen LogP contribution in [-0.2, 0) is 14.3 Å². The Balaban J connectivity index is 2.32. The Morgan fingerprint density at radius 2 is 1.27 bits per heavy atom. The third-order valence-electron chi connectivity index (χ3n) is 4.08. The number of aliphatic carboxylic acids is 1. The molecular formula is C22H18O4. The van der Waals surface area contributed by atoms with Crippen LogP contribution in [-0.4, -0.2) is 23.7 Å². The largest absolute Gasteiger partial charge is 0.478 e. The molecule has 0 fully saturated rings. The van der Waals surface area contributed by atoms with Gasteiger partial charge in [-0.1, -0.05) is 48.5 Å². The lowest BCUT2D eigenvalue weighted by molar-refractivity contribution is -0.137. The zero-order valence-electron chi connectivity index (χ0n) is 14.3. The number of benzene rings is 3. The molecule has 0 aliphatic heterocycles. The lowest BCUT2D eigenvalue weighted by Gasteiger charge is -2.12. The molecule has 130 valence electrons. The third-order valence-corrected chi connectivity index (χ3v) is 4.08. The fourth-order valence-corrected chi connectivity index (χ4v) is 3.05. The maximum atomic E-state index is 11.7. The highest BCUT2D eigenvalue weighted by molar-refractivity contribution is 6.14. The van der Waals surface area contributed by atoms with E-state index in [1.54, 1.807) is 19.1 Å². The van der Waals surface area contributed by atoms with Crippen LogP contribution in [0.2, 0.25) is 0 Å². The number of carbonyl (C=O) groups is 2. The highest BCUT2D eigenvalue weighted by Gasteiger charge is 2.11. The molecule has 0 heterocycles. The van der Waals surface area contributed by atoms with Crippen molar-refractivity contribution in [3.05, 3.63) is 71.8 Å². The number of esters is 1. The zero-order chi connectivity index (χ0) is 18.5. The fraction of sp³-hybridized carbons (Fsp3) is 0.0909. The average molecular weight is 346 g/mol. The highest BCUT2D eigenvalue weighted by atomic mass is 16.5. The van der Waals surface area contributed by atoms with E-state index < -0.39 is 11.9 Å². The van der Waals surface area contributed by atoms with Gasteiger partial charge in [0.1, 0.15) is 0 Å². The Kier molecular flexibility index (Phi) is 5.13. The van der Waals surface area contributed by atoms with E-state index in [9.17, 15) is 9.59 Å². The van der Waals surface area contributed by atoms with E-state index in [2.05, 4.69) is 0 Å². The molecule has 3 aromatic rings. The van der Waals surface area contributed by atoms with Crippen molar-refractivity contribution in [2.45, 2.75) is 6.92 Å². The molecule has 26 heavy (non-hydrogen) atoms. The number of rotatable bonds is 5. The van der Waals surface area contributed by atoms with Gasteiger partial charge in [-0.25, -0.2) is 9.59 Å². The van der Waals surface area contributed by atoms with Gasteiger partial charge in [0.05, 0.1) is 6.61 Å². The van der Waals surface area contributed by atoms with E-state index in [-0.39, 0.29) is 0 Å². The van der Waals surface area contributed by atoms with Crippen molar-refractivity contribution in [2.24, 2.45) is 0 Å². The second-order valence-corrected chi connectivity index (χ2v) is 5.68. The lowest BCUT2D eigenvalue weighted by atomic mass is 9.91. The van der Waals surface area contributed by atoms with Gasteiger partial charge in [-0.05, 0) is 51.7 Å². The van der Waals surface area contributed by atoms with Gasteiger partial charge in [0, 0.05) is 12.2 Å². The van der Waals surface area contributed by atoms with E-state index in [0.29, 0.717) is 6.61 Å². The SMILES string of the molecule is CCOC(=O)C=Cc1c2ccccc2c(C=CC(=O)O)c2ccccc12. The first-order valence-corrected chi connectivity index (χ1v) is 8.31. The van der Waals surface area contributed by atoms with Crippen molar-refractivity contribution >= 4 is 45.6 Å². The number of carboxylic acid groups (broad SMARTS) is 1. The van der Waals surface area contributed by atoms with Crippen LogP contribution < -0.4 is 0 Å². The van der Waals surface area contributed by atoms with Gasteiger partial charge in [0.25, 0.3) is 0 Å². The van der Waals surface area contributed by atoms with Crippen molar-refractivity contribution in [1.82, 2.24) is 0 Å². The Labute approximate surface area is 151 Å². The molecule has 4 nitrogen and oxygen atoms in total. The van der Waals surface area contributed by atoms with Crippen LogP contribution in [0.15, 0.2) is 60.7 Å². The summed E-state index contributed by atoms with van der Waals surface area (Å²) in [6.07, 6.45) is 5.94. The summed E-state index contributed by atoms with van der Waals surface area (Å²) in [5.41, 5.74) is 1.74. The number of ether oxygens (including phenoxy) is 1. The standard InChI is InChI=1S/C22H18O4/c1-2-26-22(25)14-12-20-17-9-5-3-7-15(17)19(11-13-21(23)24)16-8-4-6-10-18(16)20/h3-14H,2H2,1H3,(H,23,24). The first-order valence-electron chi connectivity index (χ1n) is 8.31. The summed E-state index contributed by atoms with van der Waals surface area (Å²) >= 11 is 0. The quantitative estimate of drug-likeness (QED) is 0.414. The van der Waals surface area contributed by atoms with Crippen molar-refractivity contribution in [3.8, 4) is 0 Å². The fourth-order valence-electron chi connectivity index (χ4n) is 3.05. The third kappa shape index (κ3) is 3.49. The minimum atomic E-state index is -0.996. The number of hydrogen-bond donors (Lipinski definition) is 1. The minimum Gasteiger partial charge on any atom is -0.478 e. The first kappa shape index (κ1) is 17.4. The molecule has 0 amide bonds. The minimum absolute atomic E-state index is 0.323. The number of carboxylic acids is 1. The molecular weight excluding hydrogens is 328 g/mol. The maximum absolute atomic E-state index is 11.7. The predicted octanol–water partition coefficient (Wildman–Crippen LogP) is 4.67. The van der Waals surface area contributed by atoms with Crippen LogP contribution >= 0.6 is 0 Å². The van der Waals surface area contributed by atoms with Crippen LogP contribution in [0.25, 0.3) is 33.7 Å². The predicted molar refractivity (Wildman–Crippen MR) is 104 cm³/mol. The molecule has 0 aliphatic carbocycles. The molecule has 4 heteroatoms. The molecule has 0 bridgehead atoms. The molecule has 0 unspecified atom stereocenters. The molecule has 1 N–H and O–H groups in total. The molecule has 0 saturated heterocycles. The first-order chi connectivity index (χ1) is 12.6. The summed E-state index contributed by atoms with van der Waals surface area (Å²) in [5.74, 6) is -1.39. The van der Waals surface area contributed by atoms with Crippen molar-refractivity contribution in [3.63, 3.8) is 0 Å².